The van der Waals surface area contributed by atoms with Crippen molar-refractivity contribution >= 4 is 11.9 Å². The van der Waals surface area contributed by atoms with Crippen molar-refractivity contribution in [2.75, 3.05) is 13.6 Å². The van der Waals surface area contributed by atoms with Gasteiger partial charge in [0.15, 0.2) is 0 Å². The minimum atomic E-state index is -0.816. The Morgan fingerprint density at radius 3 is 2.44 bits per heavy atom. The first-order valence-corrected chi connectivity index (χ1v) is 6.75. The highest BCUT2D eigenvalue weighted by Crippen LogP contribution is 2.30. The van der Waals surface area contributed by atoms with E-state index in [1.807, 2.05) is 7.05 Å². The molecule has 0 bridgehead atoms. The Morgan fingerprint density at radius 1 is 1.22 bits per heavy atom. The lowest BCUT2D eigenvalue weighted by atomic mass is 9.79. The fourth-order valence-corrected chi connectivity index (χ4v) is 2.58. The Balaban J connectivity index is 2.26. The Hall–Kier alpha value is -1.10. The molecule has 0 aromatic heterocycles. The number of carbonyl (C=O) groups excluding carboxylic acids is 1. The van der Waals surface area contributed by atoms with Crippen LogP contribution in [0.15, 0.2) is 0 Å². The number of aliphatic carboxylic acids is 1. The molecule has 0 saturated heterocycles. The average Bonchev–Trinajstić information content (AvgIpc) is 2.35. The Morgan fingerprint density at radius 2 is 1.89 bits per heavy atom. The number of carboxylic acid groups (broad SMARTS) is 1. The Labute approximate surface area is 108 Å². The van der Waals surface area contributed by atoms with E-state index in [0.29, 0.717) is 19.4 Å². The summed E-state index contributed by atoms with van der Waals surface area (Å²) in [5, 5.41) is 14.6. The molecule has 0 aromatic carbocycles. The molecule has 0 aliphatic heterocycles. The Bertz CT molecular complexity index is 286. The van der Waals surface area contributed by atoms with Crippen LogP contribution in [0.3, 0.4) is 0 Å². The summed E-state index contributed by atoms with van der Waals surface area (Å²) in [6.45, 7) is 0.449. The third kappa shape index (κ3) is 5.04. The summed E-state index contributed by atoms with van der Waals surface area (Å²) < 4.78 is 0. The summed E-state index contributed by atoms with van der Waals surface area (Å²) in [5.41, 5.74) is -0.0465. The fourth-order valence-electron chi connectivity index (χ4n) is 2.58. The standard InChI is InChI=1S/C13H24N2O3/c1-14-13(7-3-2-4-8-13)10-11(16)15-9-5-6-12(17)18/h14H,2-10H2,1H3,(H,15,16)(H,17,18). The van der Waals surface area contributed by atoms with Crippen molar-refractivity contribution in [1.82, 2.24) is 10.6 Å². The molecule has 1 amide bonds. The lowest BCUT2D eigenvalue weighted by Crippen LogP contribution is -2.48. The molecule has 18 heavy (non-hydrogen) atoms. The van der Waals surface area contributed by atoms with Gasteiger partial charge in [-0.25, -0.2) is 0 Å². The molecule has 0 radical (unpaired) electrons. The van der Waals surface area contributed by atoms with Crippen molar-refractivity contribution in [3.8, 4) is 0 Å². The molecule has 1 aliphatic rings. The lowest BCUT2D eigenvalue weighted by Gasteiger charge is -2.36. The molecular formula is C13H24N2O3. The average molecular weight is 256 g/mol. The maximum Gasteiger partial charge on any atom is 0.303 e. The van der Waals surface area contributed by atoms with Crippen molar-refractivity contribution in [2.24, 2.45) is 0 Å². The van der Waals surface area contributed by atoms with E-state index >= 15 is 0 Å². The predicted octanol–water partition coefficient (Wildman–Crippen LogP) is 1.28. The second-order valence-corrected chi connectivity index (χ2v) is 5.12. The van der Waals surface area contributed by atoms with E-state index in [2.05, 4.69) is 10.6 Å². The SMILES string of the molecule is CNC1(CC(=O)NCCCC(=O)O)CCCCC1. The van der Waals surface area contributed by atoms with Crippen molar-refractivity contribution in [2.45, 2.75) is 56.9 Å². The van der Waals surface area contributed by atoms with Crippen molar-refractivity contribution in [1.29, 1.82) is 0 Å². The number of carboxylic acids is 1. The van der Waals surface area contributed by atoms with Gasteiger partial charge >= 0.3 is 5.97 Å². The minimum absolute atomic E-state index is 0.0247. The van der Waals surface area contributed by atoms with Gasteiger partial charge in [0.05, 0.1) is 0 Å². The second kappa shape index (κ2) is 7.36. The zero-order chi connectivity index (χ0) is 13.4. The smallest absolute Gasteiger partial charge is 0.303 e. The van der Waals surface area contributed by atoms with Crippen LogP contribution in [0.25, 0.3) is 0 Å². The van der Waals surface area contributed by atoms with Crippen LogP contribution >= 0.6 is 0 Å². The van der Waals surface area contributed by atoms with Gasteiger partial charge in [0.25, 0.3) is 0 Å². The van der Waals surface area contributed by atoms with Gasteiger partial charge in [-0.05, 0) is 26.3 Å². The number of carbonyl (C=O) groups is 2. The first-order valence-electron chi connectivity index (χ1n) is 6.75. The zero-order valence-corrected chi connectivity index (χ0v) is 11.1. The first kappa shape index (κ1) is 15.0. The van der Waals surface area contributed by atoms with Gasteiger partial charge in [0.2, 0.25) is 5.91 Å². The number of rotatable bonds is 7. The molecule has 5 nitrogen and oxygen atoms in total. The van der Waals surface area contributed by atoms with Gasteiger partial charge in [0, 0.05) is 24.9 Å². The molecule has 1 aliphatic carbocycles. The van der Waals surface area contributed by atoms with Crippen LogP contribution in [0.1, 0.15) is 51.4 Å². The largest absolute Gasteiger partial charge is 0.481 e. The van der Waals surface area contributed by atoms with Crippen LogP contribution in [0, 0.1) is 0 Å². The molecule has 0 spiro atoms. The lowest BCUT2D eigenvalue weighted by molar-refractivity contribution is -0.137. The maximum atomic E-state index is 11.8. The van der Waals surface area contributed by atoms with E-state index in [-0.39, 0.29) is 17.9 Å². The maximum absolute atomic E-state index is 11.8. The highest BCUT2D eigenvalue weighted by Gasteiger charge is 2.32. The predicted molar refractivity (Wildman–Crippen MR) is 69.4 cm³/mol. The monoisotopic (exact) mass is 256 g/mol. The van der Waals surface area contributed by atoms with Gasteiger partial charge in [-0.15, -0.1) is 0 Å². The summed E-state index contributed by atoms with van der Waals surface area (Å²) in [6, 6.07) is 0. The normalized spacial score (nSPS) is 18.3. The van der Waals surface area contributed by atoms with Gasteiger partial charge < -0.3 is 15.7 Å². The van der Waals surface area contributed by atoms with Crippen molar-refractivity contribution in [3.63, 3.8) is 0 Å². The van der Waals surface area contributed by atoms with Crippen LogP contribution in [-0.4, -0.2) is 36.1 Å². The van der Waals surface area contributed by atoms with Crippen LogP contribution in [0.4, 0.5) is 0 Å². The van der Waals surface area contributed by atoms with E-state index in [1.54, 1.807) is 0 Å². The van der Waals surface area contributed by atoms with Gasteiger partial charge in [0.1, 0.15) is 0 Å². The molecule has 0 aromatic rings. The van der Waals surface area contributed by atoms with Crippen LogP contribution in [0.2, 0.25) is 0 Å². The molecule has 1 rings (SSSR count). The summed E-state index contributed by atoms with van der Waals surface area (Å²) in [4.78, 5) is 22.2. The highest BCUT2D eigenvalue weighted by molar-refractivity contribution is 5.77. The van der Waals surface area contributed by atoms with E-state index < -0.39 is 5.97 Å². The Kier molecular flexibility index (Phi) is 6.12. The van der Waals surface area contributed by atoms with Gasteiger partial charge in [-0.2, -0.15) is 0 Å². The summed E-state index contributed by atoms with van der Waals surface area (Å²) >= 11 is 0. The molecule has 0 unspecified atom stereocenters. The molecular weight excluding hydrogens is 232 g/mol. The molecule has 0 heterocycles. The minimum Gasteiger partial charge on any atom is -0.481 e. The summed E-state index contributed by atoms with van der Waals surface area (Å²) in [6.07, 6.45) is 6.80. The number of hydrogen-bond donors (Lipinski definition) is 3. The molecule has 1 saturated carbocycles. The van der Waals surface area contributed by atoms with Gasteiger partial charge in [-0.3, -0.25) is 9.59 Å². The number of nitrogens with one attached hydrogen (secondary N) is 2. The molecule has 0 atom stereocenters. The summed E-state index contributed by atoms with van der Waals surface area (Å²) in [5.74, 6) is -0.792. The first-order chi connectivity index (χ1) is 8.58. The topological polar surface area (TPSA) is 78.4 Å². The molecule has 5 heteroatoms. The highest BCUT2D eigenvalue weighted by atomic mass is 16.4. The molecule has 3 N–H and O–H groups in total. The third-order valence-corrected chi connectivity index (χ3v) is 3.73. The fraction of sp³-hybridized carbons (Fsp3) is 0.846. The van der Waals surface area contributed by atoms with E-state index in [0.717, 1.165) is 12.8 Å². The van der Waals surface area contributed by atoms with Crippen molar-refractivity contribution in [3.05, 3.63) is 0 Å². The van der Waals surface area contributed by atoms with Crippen LogP contribution in [0.5, 0.6) is 0 Å². The third-order valence-electron chi connectivity index (χ3n) is 3.73. The van der Waals surface area contributed by atoms with E-state index in [9.17, 15) is 9.59 Å². The molecule has 1 fully saturated rings. The molecule has 104 valence electrons. The van der Waals surface area contributed by atoms with Crippen molar-refractivity contribution < 1.29 is 14.7 Å². The van der Waals surface area contributed by atoms with Gasteiger partial charge in [-0.1, -0.05) is 19.3 Å². The van der Waals surface area contributed by atoms with E-state index in [1.165, 1.54) is 19.3 Å². The summed E-state index contributed by atoms with van der Waals surface area (Å²) in [7, 11) is 1.92. The second-order valence-electron chi connectivity index (χ2n) is 5.12. The van der Waals surface area contributed by atoms with E-state index in [4.69, 9.17) is 5.11 Å². The number of amides is 1. The zero-order valence-electron chi connectivity index (χ0n) is 11.1. The quantitative estimate of drug-likeness (QED) is 0.600. The van der Waals surface area contributed by atoms with Crippen LogP contribution in [-0.2, 0) is 9.59 Å². The van der Waals surface area contributed by atoms with Crippen LogP contribution < -0.4 is 10.6 Å². The number of hydrogen-bond acceptors (Lipinski definition) is 3.